The maximum absolute atomic E-state index is 14.0. The molecule has 0 aliphatic carbocycles. The molecule has 2 heterocycles. The minimum absolute atomic E-state index is 0. The van der Waals surface area contributed by atoms with Gasteiger partial charge in [0, 0.05) is 31.7 Å². The van der Waals surface area contributed by atoms with E-state index in [9.17, 15) is 12.8 Å². The number of aryl methyl sites for hydroxylation is 2. The smallest absolute Gasteiger partial charge is 0.243 e. The third-order valence-corrected chi connectivity index (χ3v) is 8.29. The van der Waals surface area contributed by atoms with E-state index in [1.807, 2.05) is 26.0 Å². The molecule has 2 aromatic carbocycles. The summed E-state index contributed by atoms with van der Waals surface area (Å²) in [5, 5.41) is 6.87. The van der Waals surface area contributed by atoms with E-state index in [1.54, 1.807) is 28.6 Å². The van der Waals surface area contributed by atoms with Crippen LogP contribution in [-0.4, -0.2) is 50.3 Å². The average Bonchev–Trinajstić information content (AvgIpc) is 2.76. The lowest BCUT2D eigenvalue weighted by Crippen LogP contribution is -2.64. The number of hydrogen-bond acceptors (Lipinski definition) is 5. The SMILES string of the molecule is Cc1ccc(S(=O)(=O)N2CCC3(CC2)NCCN=C3NCc2ccccc2F)cc1C.Cl. The number of rotatable bonds is 4. The van der Waals surface area contributed by atoms with Crippen molar-refractivity contribution in [2.75, 3.05) is 26.2 Å². The molecule has 32 heavy (non-hydrogen) atoms. The molecule has 0 saturated carbocycles. The van der Waals surface area contributed by atoms with Crippen molar-refractivity contribution in [3.63, 3.8) is 0 Å². The number of sulfonamides is 1. The third kappa shape index (κ3) is 4.83. The third-order valence-electron chi connectivity index (χ3n) is 6.39. The van der Waals surface area contributed by atoms with Crippen molar-refractivity contribution >= 4 is 28.3 Å². The van der Waals surface area contributed by atoms with Gasteiger partial charge >= 0.3 is 0 Å². The van der Waals surface area contributed by atoms with Crippen LogP contribution < -0.4 is 10.6 Å². The fourth-order valence-corrected chi connectivity index (χ4v) is 5.82. The van der Waals surface area contributed by atoms with Gasteiger partial charge in [0.05, 0.1) is 17.0 Å². The Morgan fingerprint density at radius 1 is 1.12 bits per heavy atom. The van der Waals surface area contributed by atoms with Crippen molar-refractivity contribution in [2.24, 2.45) is 4.99 Å². The molecule has 1 fully saturated rings. The lowest BCUT2D eigenvalue weighted by atomic mass is 9.85. The Morgan fingerprint density at radius 3 is 2.53 bits per heavy atom. The molecule has 6 nitrogen and oxygen atoms in total. The second-order valence-electron chi connectivity index (χ2n) is 8.33. The van der Waals surface area contributed by atoms with Gasteiger partial charge in [0.2, 0.25) is 10.0 Å². The first-order valence-electron chi connectivity index (χ1n) is 10.7. The van der Waals surface area contributed by atoms with Crippen LogP contribution in [0.3, 0.4) is 0 Å². The van der Waals surface area contributed by atoms with Gasteiger partial charge in [0.25, 0.3) is 0 Å². The van der Waals surface area contributed by atoms with Crippen LogP contribution in [0.5, 0.6) is 0 Å². The summed E-state index contributed by atoms with van der Waals surface area (Å²) in [4.78, 5) is 5.01. The first kappa shape index (κ1) is 24.6. The van der Waals surface area contributed by atoms with Gasteiger partial charge in [-0.15, -0.1) is 12.4 Å². The Balaban J connectivity index is 0.00000289. The largest absolute Gasteiger partial charge is 0.368 e. The van der Waals surface area contributed by atoms with Crippen molar-refractivity contribution in [3.05, 3.63) is 65.0 Å². The average molecular weight is 481 g/mol. The number of nitrogens with zero attached hydrogens (tertiary/aromatic N) is 2. The lowest BCUT2D eigenvalue weighted by Gasteiger charge is -2.44. The van der Waals surface area contributed by atoms with E-state index in [4.69, 9.17) is 0 Å². The van der Waals surface area contributed by atoms with Gasteiger partial charge in [-0.25, -0.2) is 12.8 Å². The Morgan fingerprint density at radius 2 is 1.84 bits per heavy atom. The number of hydrogen-bond donors (Lipinski definition) is 2. The highest BCUT2D eigenvalue weighted by Gasteiger charge is 2.43. The van der Waals surface area contributed by atoms with E-state index < -0.39 is 15.6 Å². The second-order valence-corrected chi connectivity index (χ2v) is 10.3. The first-order valence-corrected chi connectivity index (χ1v) is 12.1. The maximum atomic E-state index is 14.0. The van der Waals surface area contributed by atoms with Gasteiger partial charge in [0.15, 0.2) is 0 Å². The second kappa shape index (κ2) is 9.87. The summed E-state index contributed by atoms with van der Waals surface area (Å²) in [7, 11) is -3.54. The van der Waals surface area contributed by atoms with Gasteiger partial charge in [-0.2, -0.15) is 4.31 Å². The fourth-order valence-electron chi connectivity index (χ4n) is 4.29. The van der Waals surface area contributed by atoms with Crippen LogP contribution in [0.2, 0.25) is 0 Å². The van der Waals surface area contributed by atoms with Crippen molar-refractivity contribution in [1.82, 2.24) is 14.9 Å². The summed E-state index contributed by atoms with van der Waals surface area (Å²) in [6, 6.07) is 12.0. The molecule has 174 valence electrons. The molecule has 0 bridgehead atoms. The molecular formula is C23H30ClFN4O2S. The minimum atomic E-state index is -3.54. The summed E-state index contributed by atoms with van der Waals surface area (Å²) in [6.07, 6.45) is 1.22. The predicted octanol–water partition coefficient (Wildman–Crippen LogP) is 3.18. The van der Waals surface area contributed by atoms with Gasteiger partial charge in [-0.1, -0.05) is 24.3 Å². The maximum Gasteiger partial charge on any atom is 0.243 e. The van der Waals surface area contributed by atoms with Crippen molar-refractivity contribution in [3.8, 4) is 0 Å². The molecule has 0 aromatic heterocycles. The van der Waals surface area contributed by atoms with Crippen LogP contribution in [0.15, 0.2) is 52.4 Å². The molecule has 9 heteroatoms. The Hall–Kier alpha value is -2.00. The molecule has 0 radical (unpaired) electrons. The van der Waals surface area contributed by atoms with Gasteiger partial charge < -0.3 is 10.6 Å². The summed E-state index contributed by atoms with van der Waals surface area (Å²) in [5.41, 5.74) is 2.22. The van der Waals surface area contributed by atoms with Crippen LogP contribution in [0.25, 0.3) is 0 Å². The van der Waals surface area contributed by atoms with Crippen molar-refractivity contribution in [1.29, 1.82) is 0 Å². The van der Waals surface area contributed by atoms with Crippen LogP contribution in [0.1, 0.15) is 29.5 Å². The van der Waals surface area contributed by atoms with E-state index in [0.29, 0.717) is 49.5 Å². The van der Waals surface area contributed by atoms with Gasteiger partial charge in [-0.05, 0) is 56.0 Å². The van der Waals surface area contributed by atoms with Crippen LogP contribution in [-0.2, 0) is 16.6 Å². The Bertz CT molecular complexity index is 1100. The Labute approximate surface area is 195 Å². The lowest BCUT2D eigenvalue weighted by molar-refractivity contribution is 0.241. The van der Waals surface area contributed by atoms with Crippen LogP contribution >= 0.6 is 12.4 Å². The predicted molar refractivity (Wildman–Crippen MR) is 127 cm³/mol. The highest BCUT2D eigenvalue weighted by atomic mass is 35.5. The molecule has 2 aromatic rings. The summed E-state index contributed by atoms with van der Waals surface area (Å²) >= 11 is 0. The van der Waals surface area contributed by atoms with E-state index in [-0.39, 0.29) is 18.2 Å². The molecule has 1 saturated heterocycles. The number of amidine groups is 1. The van der Waals surface area contributed by atoms with Crippen LogP contribution in [0, 0.1) is 19.7 Å². The van der Waals surface area contributed by atoms with E-state index >= 15 is 0 Å². The number of piperidine rings is 1. The standard InChI is InChI=1S/C23H29FN4O2S.ClH/c1-17-7-8-20(15-18(17)2)31(29,30)28-13-9-23(10-14-28)22(25-11-12-27-23)26-16-19-5-3-4-6-21(19)24;/h3-8,15,27H,9-14,16H2,1-2H3,(H,25,26);1H. The minimum Gasteiger partial charge on any atom is -0.368 e. The Kier molecular flexibility index (Phi) is 7.60. The number of aliphatic imine (C=N–C) groups is 1. The quantitative estimate of drug-likeness (QED) is 0.705. The monoisotopic (exact) mass is 480 g/mol. The zero-order chi connectivity index (χ0) is 22.1. The highest BCUT2D eigenvalue weighted by Crippen LogP contribution is 2.29. The molecule has 4 rings (SSSR count). The van der Waals surface area contributed by atoms with E-state index in [0.717, 1.165) is 23.5 Å². The normalized spacial score (nSPS) is 18.7. The molecule has 1 spiro atoms. The molecule has 2 N–H and O–H groups in total. The van der Waals surface area contributed by atoms with Crippen LogP contribution in [0.4, 0.5) is 4.39 Å². The zero-order valence-electron chi connectivity index (χ0n) is 18.4. The van der Waals surface area contributed by atoms with Gasteiger partial charge in [-0.3, -0.25) is 4.99 Å². The highest BCUT2D eigenvalue weighted by molar-refractivity contribution is 7.89. The van der Waals surface area contributed by atoms with Crippen molar-refractivity contribution < 1.29 is 12.8 Å². The molecule has 2 aliphatic rings. The number of benzene rings is 2. The topological polar surface area (TPSA) is 73.8 Å². The number of halogens is 2. The molecule has 0 amide bonds. The van der Waals surface area contributed by atoms with Gasteiger partial charge in [0.1, 0.15) is 11.7 Å². The summed E-state index contributed by atoms with van der Waals surface area (Å²) < 4.78 is 41.9. The molecular weight excluding hydrogens is 451 g/mol. The molecule has 2 aliphatic heterocycles. The fraction of sp³-hybridized carbons (Fsp3) is 0.435. The summed E-state index contributed by atoms with van der Waals surface area (Å²) in [6.45, 7) is 6.45. The van der Waals surface area contributed by atoms with E-state index in [2.05, 4.69) is 15.6 Å². The summed E-state index contributed by atoms with van der Waals surface area (Å²) in [5.74, 6) is 0.549. The number of nitrogens with one attached hydrogen (secondary N) is 2. The zero-order valence-corrected chi connectivity index (χ0v) is 20.0. The molecule has 0 atom stereocenters. The van der Waals surface area contributed by atoms with Crippen molar-refractivity contribution in [2.45, 2.75) is 43.7 Å². The van der Waals surface area contributed by atoms with E-state index in [1.165, 1.54) is 6.07 Å². The first-order chi connectivity index (χ1) is 14.8. The molecule has 0 unspecified atom stereocenters.